The number of hydrogen-bond acceptors (Lipinski definition) is 2. The molecule has 2 saturated heterocycles. The molecule has 0 amide bonds. The first-order valence-corrected chi connectivity index (χ1v) is 10.9. The summed E-state index contributed by atoms with van der Waals surface area (Å²) in [7, 11) is -0.0518. The average Bonchev–Trinajstić information content (AvgIpc) is 3.42. The molecule has 146 valence electrons. The third kappa shape index (κ3) is 2.59. The number of fused-ring (bicyclic) bond motifs is 2. The van der Waals surface area contributed by atoms with E-state index in [0.717, 1.165) is 13.0 Å². The summed E-state index contributed by atoms with van der Waals surface area (Å²) in [4.78, 5) is 2.60. The summed E-state index contributed by atoms with van der Waals surface area (Å²) < 4.78 is 7.21. The maximum Gasteiger partial charge on any atom is 0.420 e. The molecule has 2 nitrogen and oxygen atoms in total. The standard InChI is InChI=1S/C27H24BNO/c1-3-13-22(14-4-1)27(23-15-5-2-6-16-23)26-19-10-20-29(26)28(30-27)25-18-9-12-21-11-7-8-17-24(21)25/h1-9,11-18,26H,10,19-20H2/t26-/m0/s1. The monoisotopic (exact) mass is 389 g/mol. The van der Waals surface area contributed by atoms with Crippen LogP contribution in [-0.4, -0.2) is 24.4 Å². The third-order valence-electron chi connectivity index (χ3n) is 6.86. The first kappa shape index (κ1) is 17.9. The smallest absolute Gasteiger partial charge is 0.402 e. The second-order valence-corrected chi connectivity index (χ2v) is 8.40. The van der Waals surface area contributed by atoms with E-state index in [2.05, 4.69) is 108 Å². The maximum absolute atomic E-state index is 7.21. The number of hydrogen-bond donors (Lipinski definition) is 0. The first-order valence-electron chi connectivity index (χ1n) is 10.9. The highest BCUT2D eigenvalue weighted by molar-refractivity contribution is 6.68. The minimum atomic E-state index is -0.458. The molecule has 0 saturated carbocycles. The van der Waals surface area contributed by atoms with Crippen molar-refractivity contribution in [1.29, 1.82) is 0 Å². The van der Waals surface area contributed by atoms with Crippen molar-refractivity contribution in [1.82, 2.24) is 4.81 Å². The van der Waals surface area contributed by atoms with Crippen LogP contribution in [0.15, 0.2) is 103 Å². The van der Waals surface area contributed by atoms with Crippen LogP contribution in [0.25, 0.3) is 10.8 Å². The van der Waals surface area contributed by atoms with Crippen molar-refractivity contribution < 1.29 is 4.65 Å². The van der Waals surface area contributed by atoms with Gasteiger partial charge in [0.2, 0.25) is 0 Å². The molecule has 0 N–H and O–H groups in total. The van der Waals surface area contributed by atoms with Crippen molar-refractivity contribution in [3.63, 3.8) is 0 Å². The van der Waals surface area contributed by atoms with Crippen LogP contribution in [0.3, 0.4) is 0 Å². The molecule has 0 bridgehead atoms. The number of nitrogens with zero attached hydrogens (tertiary/aromatic N) is 1. The van der Waals surface area contributed by atoms with Gasteiger partial charge in [0, 0.05) is 6.04 Å². The molecule has 0 aromatic heterocycles. The molecule has 1 atom stereocenters. The Kier molecular flexibility index (Phi) is 4.26. The molecule has 2 aliphatic rings. The fourth-order valence-corrected chi connectivity index (χ4v) is 5.60. The molecule has 30 heavy (non-hydrogen) atoms. The lowest BCUT2D eigenvalue weighted by Gasteiger charge is -2.36. The summed E-state index contributed by atoms with van der Waals surface area (Å²) in [6.07, 6.45) is 2.35. The molecular formula is C27H24BNO. The van der Waals surface area contributed by atoms with Gasteiger partial charge in [-0.25, -0.2) is 0 Å². The molecule has 0 spiro atoms. The van der Waals surface area contributed by atoms with Crippen LogP contribution < -0.4 is 5.46 Å². The summed E-state index contributed by atoms with van der Waals surface area (Å²) in [5.74, 6) is 0. The van der Waals surface area contributed by atoms with Crippen molar-refractivity contribution in [2.75, 3.05) is 6.54 Å². The van der Waals surface area contributed by atoms with Crippen molar-refractivity contribution >= 4 is 23.3 Å². The van der Waals surface area contributed by atoms with Gasteiger partial charge in [-0.05, 0) is 46.7 Å². The van der Waals surface area contributed by atoms with Crippen LogP contribution in [0.2, 0.25) is 0 Å². The molecular weight excluding hydrogens is 365 g/mol. The van der Waals surface area contributed by atoms with E-state index in [1.54, 1.807) is 0 Å². The minimum Gasteiger partial charge on any atom is -0.402 e. The van der Waals surface area contributed by atoms with Gasteiger partial charge in [-0.3, -0.25) is 0 Å². The van der Waals surface area contributed by atoms with Crippen molar-refractivity contribution in [3.05, 3.63) is 114 Å². The highest BCUT2D eigenvalue weighted by atomic mass is 16.5. The Bertz CT molecular complexity index is 1130. The summed E-state index contributed by atoms with van der Waals surface area (Å²) >= 11 is 0. The van der Waals surface area contributed by atoms with Gasteiger partial charge in [0.15, 0.2) is 0 Å². The lowest BCUT2D eigenvalue weighted by Crippen LogP contribution is -2.46. The van der Waals surface area contributed by atoms with E-state index in [9.17, 15) is 0 Å². The minimum absolute atomic E-state index is 0.0518. The zero-order valence-corrected chi connectivity index (χ0v) is 16.9. The van der Waals surface area contributed by atoms with Crippen molar-refractivity contribution in [2.45, 2.75) is 24.5 Å². The molecule has 6 rings (SSSR count). The van der Waals surface area contributed by atoms with E-state index in [4.69, 9.17) is 4.65 Å². The van der Waals surface area contributed by atoms with Crippen LogP contribution in [-0.2, 0) is 10.3 Å². The Morgan fingerprint density at radius 2 is 1.37 bits per heavy atom. The average molecular weight is 389 g/mol. The van der Waals surface area contributed by atoms with Gasteiger partial charge in [-0.2, -0.15) is 0 Å². The van der Waals surface area contributed by atoms with Gasteiger partial charge < -0.3 is 9.47 Å². The Balaban J connectivity index is 1.57. The van der Waals surface area contributed by atoms with Crippen LogP contribution in [0.4, 0.5) is 0 Å². The summed E-state index contributed by atoms with van der Waals surface area (Å²) in [6.45, 7) is 1.07. The molecule has 0 radical (unpaired) electrons. The summed E-state index contributed by atoms with van der Waals surface area (Å²) in [5.41, 5.74) is 3.31. The molecule has 0 aliphatic carbocycles. The van der Waals surface area contributed by atoms with E-state index in [1.165, 1.54) is 33.8 Å². The van der Waals surface area contributed by atoms with Gasteiger partial charge in [-0.1, -0.05) is 103 Å². The Morgan fingerprint density at radius 1 is 0.733 bits per heavy atom. The van der Waals surface area contributed by atoms with Crippen LogP contribution in [0, 0.1) is 0 Å². The van der Waals surface area contributed by atoms with Crippen LogP contribution >= 0.6 is 0 Å². The van der Waals surface area contributed by atoms with Gasteiger partial charge in [0.25, 0.3) is 0 Å². The van der Waals surface area contributed by atoms with E-state index < -0.39 is 5.60 Å². The lowest BCUT2D eigenvalue weighted by atomic mass is 9.70. The van der Waals surface area contributed by atoms with Gasteiger partial charge in [0.05, 0.1) is 0 Å². The zero-order chi connectivity index (χ0) is 20.0. The summed E-state index contributed by atoms with van der Waals surface area (Å²) in [6, 6.07) is 37.2. The zero-order valence-electron chi connectivity index (χ0n) is 16.9. The van der Waals surface area contributed by atoms with Crippen molar-refractivity contribution in [2.24, 2.45) is 0 Å². The fraction of sp³-hybridized carbons (Fsp3) is 0.185. The van der Waals surface area contributed by atoms with E-state index in [-0.39, 0.29) is 7.05 Å². The quantitative estimate of drug-likeness (QED) is 0.459. The Labute approximate surface area is 178 Å². The highest BCUT2D eigenvalue weighted by Gasteiger charge is 2.59. The maximum atomic E-state index is 7.21. The fourth-order valence-electron chi connectivity index (χ4n) is 5.60. The molecule has 4 aromatic rings. The second kappa shape index (κ2) is 7.12. The van der Waals surface area contributed by atoms with Crippen molar-refractivity contribution in [3.8, 4) is 0 Å². The first-order chi connectivity index (χ1) is 14.9. The van der Waals surface area contributed by atoms with Gasteiger partial charge in [0.1, 0.15) is 5.60 Å². The van der Waals surface area contributed by atoms with Crippen LogP contribution in [0.1, 0.15) is 24.0 Å². The number of rotatable bonds is 3. The molecule has 4 aromatic carbocycles. The van der Waals surface area contributed by atoms with Gasteiger partial charge in [-0.15, -0.1) is 0 Å². The lowest BCUT2D eigenvalue weighted by molar-refractivity contribution is 0.106. The Morgan fingerprint density at radius 3 is 2.10 bits per heavy atom. The topological polar surface area (TPSA) is 12.5 Å². The molecule has 3 heteroatoms. The molecule has 2 fully saturated rings. The SMILES string of the molecule is c1ccc(C2(c3ccccc3)OB(c3cccc4ccccc34)N3CCC[C@H]32)cc1. The predicted molar refractivity (Wildman–Crippen MR) is 124 cm³/mol. The molecule has 2 heterocycles. The van der Waals surface area contributed by atoms with Gasteiger partial charge >= 0.3 is 7.05 Å². The molecule has 2 aliphatic heterocycles. The molecule has 0 unspecified atom stereocenters. The van der Waals surface area contributed by atoms with E-state index in [1.807, 2.05) is 0 Å². The highest BCUT2D eigenvalue weighted by Crippen LogP contribution is 2.49. The summed E-state index contributed by atoms with van der Waals surface area (Å²) in [5, 5.41) is 2.55. The second-order valence-electron chi connectivity index (χ2n) is 8.40. The number of benzene rings is 4. The van der Waals surface area contributed by atoms with Crippen LogP contribution in [0.5, 0.6) is 0 Å². The third-order valence-corrected chi connectivity index (χ3v) is 6.86. The normalized spacial score (nSPS) is 20.5. The largest absolute Gasteiger partial charge is 0.420 e. The van der Waals surface area contributed by atoms with E-state index in [0.29, 0.717) is 6.04 Å². The van der Waals surface area contributed by atoms with E-state index >= 15 is 0 Å². The Hall–Kier alpha value is -2.88. The predicted octanol–water partition coefficient (Wildman–Crippen LogP) is 4.97.